The van der Waals surface area contributed by atoms with Gasteiger partial charge in [0.1, 0.15) is 40.5 Å². The van der Waals surface area contributed by atoms with Gasteiger partial charge in [0.2, 0.25) is 0 Å². The van der Waals surface area contributed by atoms with Crippen LogP contribution in [0.5, 0.6) is 0 Å². The van der Waals surface area contributed by atoms with Gasteiger partial charge in [-0.1, -0.05) is 12.1 Å². The maximum absolute atomic E-state index is 12.9. The first-order valence-electron chi connectivity index (χ1n) is 10.3. The average molecular weight is 721 g/mol. The molecule has 0 saturated heterocycles. The number of carbonyl (C=O) groups is 1. The Morgan fingerprint density at radius 3 is 1.05 bits per heavy atom. The van der Waals surface area contributed by atoms with Gasteiger partial charge < -0.3 is 28.8 Å². The molecule has 4 rings (SSSR count). The number of amides is 2. The standard InChI is InChI=1S/C21H16N2O13S4.4Na/c24-21(22-17-5-7-19(39(31,32)33)13-3-1-11(9-15(13)17)37(25,26)27)23-18-6-8-20(40(34,35)36)14-4-2-12(10-16(14)18)38(28,29)30;;;;/h1-10H,(H2,22,23,24)(H,25,26,27)(H,28,29,30)(H,31,32,33)(H,34,35,36);;;;/q;4*+1/p-4. The average Bonchev–Trinajstić information content (AvgIpc) is 2.81. The summed E-state index contributed by atoms with van der Waals surface area (Å²) < 4.78 is 139. The first-order valence-corrected chi connectivity index (χ1v) is 16.0. The number of carbonyl (C=O) groups excluding carboxylic acids is 1. The fraction of sp³-hybridized carbons (Fsp3) is 0. The fourth-order valence-electron chi connectivity index (χ4n) is 3.84. The van der Waals surface area contributed by atoms with Gasteiger partial charge in [0.25, 0.3) is 0 Å². The molecule has 23 heteroatoms. The Morgan fingerprint density at radius 2 is 0.773 bits per heavy atom. The van der Waals surface area contributed by atoms with Crippen LogP contribution in [0.25, 0.3) is 21.5 Å². The monoisotopic (exact) mass is 720 g/mol. The number of hydrogen-bond donors (Lipinski definition) is 2. The quantitative estimate of drug-likeness (QED) is 0.139. The van der Waals surface area contributed by atoms with Crippen molar-refractivity contribution in [1.29, 1.82) is 0 Å². The maximum atomic E-state index is 12.9. The van der Waals surface area contributed by atoms with Crippen molar-refractivity contribution in [2.24, 2.45) is 0 Å². The molecule has 0 aliphatic carbocycles. The van der Waals surface area contributed by atoms with Crippen molar-refractivity contribution in [2.75, 3.05) is 10.6 Å². The van der Waals surface area contributed by atoms with E-state index in [0.717, 1.165) is 60.7 Å². The molecule has 4 aromatic rings. The fourth-order valence-corrected chi connectivity index (χ4v) is 6.20. The zero-order chi connectivity index (χ0) is 29.8. The van der Waals surface area contributed by atoms with Gasteiger partial charge in [-0.15, -0.1) is 0 Å². The third-order valence-corrected chi connectivity index (χ3v) is 8.96. The number of fused-ring (bicyclic) bond motifs is 2. The summed E-state index contributed by atoms with van der Waals surface area (Å²) in [5.74, 6) is 0. The molecule has 0 bridgehead atoms. The van der Waals surface area contributed by atoms with Crippen LogP contribution in [0.3, 0.4) is 0 Å². The number of nitrogens with one attached hydrogen (secondary N) is 2. The molecule has 2 N–H and O–H groups in total. The molecule has 0 unspecified atom stereocenters. The van der Waals surface area contributed by atoms with E-state index in [1.165, 1.54) is 0 Å². The zero-order valence-corrected chi connectivity index (χ0v) is 34.5. The minimum absolute atomic E-state index is 0. The van der Waals surface area contributed by atoms with E-state index >= 15 is 0 Å². The Bertz CT molecular complexity index is 2040. The van der Waals surface area contributed by atoms with Gasteiger partial charge in [-0.2, -0.15) is 0 Å². The molecule has 212 valence electrons. The van der Waals surface area contributed by atoms with Crippen LogP contribution in [0.1, 0.15) is 0 Å². The molecule has 0 aromatic heterocycles. The molecule has 0 aliphatic heterocycles. The molecule has 2 amide bonds. The molecule has 0 radical (unpaired) electrons. The second-order valence-electron chi connectivity index (χ2n) is 8.03. The first kappa shape index (κ1) is 44.3. The van der Waals surface area contributed by atoms with Crippen molar-refractivity contribution in [3.63, 3.8) is 0 Å². The molecule has 4 aromatic carbocycles. The largest absolute Gasteiger partial charge is 1.00 e. The van der Waals surface area contributed by atoms with Gasteiger partial charge in [-0.05, 0) is 48.5 Å². The van der Waals surface area contributed by atoms with Gasteiger partial charge in [-0.3, -0.25) is 0 Å². The number of benzene rings is 4. The summed E-state index contributed by atoms with van der Waals surface area (Å²) in [6.45, 7) is 0. The summed E-state index contributed by atoms with van der Waals surface area (Å²) in [5.41, 5.74) is -0.562. The molecule has 15 nitrogen and oxygen atoms in total. The van der Waals surface area contributed by atoms with Crippen molar-refractivity contribution < 1.29 is 175 Å². The Labute approximate surface area is 340 Å². The van der Waals surface area contributed by atoms with Crippen molar-refractivity contribution in [2.45, 2.75) is 19.6 Å². The second-order valence-corrected chi connectivity index (χ2v) is 13.5. The summed E-state index contributed by atoms with van der Waals surface area (Å²) in [4.78, 5) is 9.67. The molecule has 44 heavy (non-hydrogen) atoms. The van der Waals surface area contributed by atoms with E-state index in [9.17, 15) is 56.7 Å². The van der Waals surface area contributed by atoms with E-state index in [1.807, 2.05) is 0 Å². The van der Waals surface area contributed by atoms with Crippen LogP contribution in [-0.4, -0.2) is 57.9 Å². The van der Waals surface area contributed by atoms with Gasteiger partial charge in [0, 0.05) is 21.5 Å². The summed E-state index contributed by atoms with van der Waals surface area (Å²) >= 11 is 0. The van der Waals surface area contributed by atoms with Crippen LogP contribution in [0, 0.1) is 0 Å². The Kier molecular flexibility index (Phi) is 16.3. The second kappa shape index (κ2) is 16.1. The van der Waals surface area contributed by atoms with Crippen LogP contribution in [0.4, 0.5) is 16.2 Å². The minimum Gasteiger partial charge on any atom is -0.744 e. The van der Waals surface area contributed by atoms with Crippen LogP contribution in [0.15, 0.2) is 80.2 Å². The molecule has 0 heterocycles. The molecule has 0 spiro atoms. The molecule has 0 saturated carbocycles. The third-order valence-electron chi connectivity index (χ3n) is 5.51. The van der Waals surface area contributed by atoms with Gasteiger partial charge in [-0.25, -0.2) is 38.5 Å². The van der Waals surface area contributed by atoms with E-state index in [-0.39, 0.29) is 151 Å². The molecule has 0 atom stereocenters. The van der Waals surface area contributed by atoms with Crippen molar-refractivity contribution in [3.8, 4) is 0 Å². The zero-order valence-electron chi connectivity index (χ0n) is 23.2. The number of hydrogen-bond acceptors (Lipinski definition) is 13. The van der Waals surface area contributed by atoms with E-state index in [0.29, 0.717) is 0 Å². The molecular formula is C21H12N2Na4O13S4. The number of anilines is 2. The summed E-state index contributed by atoms with van der Waals surface area (Å²) in [6.07, 6.45) is 0. The summed E-state index contributed by atoms with van der Waals surface area (Å²) in [7, 11) is -20.3. The van der Waals surface area contributed by atoms with Crippen molar-refractivity contribution in [1.82, 2.24) is 0 Å². The van der Waals surface area contributed by atoms with E-state index in [4.69, 9.17) is 0 Å². The Morgan fingerprint density at radius 1 is 0.455 bits per heavy atom. The smallest absolute Gasteiger partial charge is 0.744 e. The first-order chi connectivity index (χ1) is 18.3. The van der Waals surface area contributed by atoms with Gasteiger partial charge in [0.15, 0.2) is 0 Å². The van der Waals surface area contributed by atoms with Crippen LogP contribution in [0.2, 0.25) is 0 Å². The maximum Gasteiger partial charge on any atom is 1.00 e. The number of urea groups is 1. The Balaban J connectivity index is 0.00000462. The normalized spacial score (nSPS) is 11.7. The van der Waals surface area contributed by atoms with Crippen molar-refractivity contribution >= 4 is 79.4 Å². The molecular weight excluding hydrogens is 708 g/mol. The SMILES string of the molecule is O=C(Nc1ccc(S(=O)(=O)[O-])c2ccc(S(=O)(=O)[O-])cc12)Nc1ccc(S(=O)(=O)[O-])c2ccc(S(=O)(=O)[O-])cc12.[Na+].[Na+].[Na+].[Na+]. The third kappa shape index (κ3) is 10.2. The summed E-state index contributed by atoms with van der Waals surface area (Å²) in [5, 5.41) is 3.15. The minimum atomic E-state index is -5.08. The topological polar surface area (TPSA) is 270 Å². The predicted molar refractivity (Wildman–Crippen MR) is 132 cm³/mol. The van der Waals surface area contributed by atoms with Crippen LogP contribution < -0.4 is 129 Å². The van der Waals surface area contributed by atoms with E-state index < -0.39 is 66.1 Å². The van der Waals surface area contributed by atoms with Crippen LogP contribution >= 0.6 is 0 Å². The van der Waals surface area contributed by atoms with E-state index in [1.54, 1.807) is 0 Å². The predicted octanol–water partition coefficient (Wildman–Crippen LogP) is -10.7. The summed E-state index contributed by atoms with van der Waals surface area (Å²) in [6, 6.07) is 7.12. The van der Waals surface area contributed by atoms with Crippen molar-refractivity contribution in [3.05, 3.63) is 60.7 Å². The van der Waals surface area contributed by atoms with Crippen LogP contribution in [-0.2, 0) is 40.5 Å². The van der Waals surface area contributed by atoms with Gasteiger partial charge >= 0.3 is 124 Å². The molecule has 0 aliphatic rings. The van der Waals surface area contributed by atoms with E-state index in [2.05, 4.69) is 10.6 Å². The van der Waals surface area contributed by atoms with Gasteiger partial charge in [0.05, 0.1) is 31.0 Å². The molecule has 0 fully saturated rings. The number of rotatable bonds is 6. The Hall–Kier alpha value is 0.310.